The lowest BCUT2D eigenvalue weighted by atomic mass is 9.72. The van der Waals surface area contributed by atoms with E-state index in [0.29, 0.717) is 70.9 Å². The minimum atomic E-state index is -0.0505. The molecule has 0 spiro atoms. The van der Waals surface area contributed by atoms with Crippen molar-refractivity contribution in [3.63, 3.8) is 0 Å². The predicted octanol–water partition coefficient (Wildman–Crippen LogP) is 6.66. The van der Waals surface area contributed by atoms with Crippen molar-refractivity contribution < 1.29 is 9.59 Å². The first kappa shape index (κ1) is 25.8. The summed E-state index contributed by atoms with van der Waals surface area (Å²) in [7, 11) is 0. The molecule has 1 aliphatic rings. The summed E-state index contributed by atoms with van der Waals surface area (Å²) in [5.74, 6) is 2.24. The van der Waals surface area contributed by atoms with Gasteiger partial charge in [-0.2, -0.15) is 50.5 Å². The van der Waals surface area contributed by atoms with Gasteiger partial charge in [-0.05, 0) is 92.5 Å². The topological polar surface area (TPSA) is 34.1 Å². The molecule has 0 radical (unpaired) electrons. The maximum atomic E-state index is 14.6. The highest BCUT2D eigenvalue weighted by Crippen LogP contribution is 2.43. The molecule has 0 bridgehead atoms. The largest absolute Gasteiger partial charge is 0.289 e. The van der Waals surface area contributed by atoms with E-state index in [9.17, 15) is 9.59 Å². The first-order valence-corrected chi connectivity index (χ1v) is 14.8. The van der Waals surface area contributed by atoms with Crippen LogP contribution < -0.4 is 0 Å². The summed E-state index contributed by atoms with van der Waals surface area (Å²) in [4.78, 5) is 29.2. The number of aryl methyl sites for hydroxylation is 4. The number of carbonyl (C=O) groups excluding carboxylic acids is 2. The molecule has 4 aromatic carbocycles. The number of benzene rings is 4. The van der Waals surface area contributed by atoms with Crippen LogP contribution in [0.3, 0.4) is 0 Å². The van der Waals surface area contributed by atoms with E-state index in [1.165, 1.54) is 0 Å². The second-order valence-electron chi connectivity index (χ2n) is 9.06. The zero-order chi connectivity index (χ0) is 25.4. The summed E-state index contributed by atoms with van der Waals surface area (Å²) >= 11 is 18.1. The Bertz CT molecular complexity index is 1300. The molecule has 5 rings (SSSR count). The van der Waals surface area contributed by atoms with Crippen LogP contribution in [-0.4, -0.2) is 34.6 Å². The van der Waals surface area contributed by atoms with Gasteiger partial charge in [-0.15, -0.1) is 0 Å². The second kappa shape index (κ2) is 10.9. The zero-order valence-corrected chi connectivity index (χ0v) is 23.5. The van der Waals surface area contributed by atoms with Crippen LogP contribution in [0.25, 0.3) is 21.5 Å². The van der Waals surface area contributed by atoms with Crippen molar-refractivity contribution in [2.45, 2.75) is 25.7 Å². The zero-order valence-electron chi connectivity index (χ0n) is 19.9. The van der Waals surface area contributed by atoms with Crippen molar-refractivity contribution in [1.82, 2.24) is 0 Å². The molecular formula is C30H28O2S4. The number of fused-ring (bicyclic) bond motifs is 4. The van der Waals surface area contributed by atoms with Crippen molar-refractivity contribution in [3.8, 4) is 0 Å². The molecule has 0 N–H and O–H groups in total. The Kier molecular flexibility index (Phi) is 7.78. The van der Waals surface area contributed by atoms with Crippen LogP contribution in [0.1, 0.15) is 54.1 Å². The molecule has 0 heterocycles. The first-order chi connectivity index (χ1) is 17.6. The number of hydrogen-bond acceptors (Lipinski definition) is 6. The Hall–Kier alpha value is -1.86. The third kappa shape index (κ3) is 4.01. The second-order valence-corrected chi connectivity index (χ2v) is 10.8. The Morgan fingerprint density at radius 3 is 0.833 bits per heavy atom. The maximum Gasteiger partial charge on any atom is 0.195 e. The standard InChI is InChI=1S/C30H28O2S4/c31-29-25-21(9-13-33)17-5-1-2-6-18(17)22(10-14-34)26(25)30(32)28-24(12-16-36)20-8-4-3-7-19(20)23(11-15-35)27(28)29/h1-8,33-36H,9-16H2. The summed E-state index contributed by atoms with van der Waals surface area (Å²) < 4.78 is 0. The average Bonchev–Trinajstić information content (AvgIpc) is 2.89. The number of ketones is 2. The van der Waals surface area contributed by atoms with Gasteiger partial charge >= 0.3 is 0 Å². The van der Waals surface area contributed by atoms with Gasteiger partial charge in [-0.3, -0.25) is 9.59 Å². The lowest BCUT2D eigenvalue weighted by molar-refractivity contribution is 0.0977. The SMILES string of the molecule is O=C1c2c(c(CCS)c3ccccc3c2CCS)C(=O)c2c1c(CCS)c1ccccc1c2CCS. The lowest BCUT2D eigenvalue weighted by Crippen LogP contribution is -2.28. The van der Waals surface area contributed by atoms with Gasteiger partial charge in [-0.25, -0.2) is 0 Å². The normalized spacial score (nSPS) is 12.9. The monoisotopic (exact) mass is 548 g/mol. The lowest BCUT2D eigenvalue weighted by Gasteiger charge is -2.29. The number of rotatable bonds is 8. The third-order valence-electron chi connectivity index (χ3n) is 7.22. The number of thiol groups is 4. The summed E-state index contributed by atoms with van der Waals surface area (Å²) in [5.41, 5.74) is 5.92. The van der Waals surface area contributed by atoms with Crippen LogP contribution in [0, 0.1) is 0 Å². The Morgan fingerprint density at radius 2 is 0.639 bits per heavy atom. The van der Waals surface area contributed by atoms with Crippen molar-refractivity contribution in [2.24, 2.45) is 0 Å². The highest BCUT2D eigenvalue weighted by molar-refractivity contribution is 7.80. The van der Waals surface area contributed by atoms with E-state index in [0.717, 1.165) is 43.8 Å². The van der Waals surface area contributed by atoms with Gasteiger partial charge < -0.3 is 0 Å². The van der Waals surface area contributed by atoms with Gasteiger partial charge in [0.2, 0.25) is 0 Å². The molecule has 184 valence electrons. The third-order valence-corrected chi connectivity index (χ3v) is 8.11. The van der Waals surface area contributed by atoms with Gasteiger partial charge in [-0.1, -0.05) is 48.5 Å². The van der Waals surface area contributed by atoms with Crippen LogP contribution in [0.4, 0.5) is 0 Å². The van der Waals surface area contributed by atoms with Crippen molar-refractivity contribution in [1.29, 1.82) is 0 Å². The van der Waals surface area contributed by atoms with E-state index in [2.05, 4.69) is 74.8 Å². The fourth-order valence-corrected chi connectivity index (χ4v) is 6.79. The Balaban J connectivity index is 1.98. The summed E-state index contributed by atoms with van der Waals surface area (Å²) in [5, 5.41) is 4.11. The van der Waals surface area contributed by atoms with Gasteiger partial charge in [0, 0.05) is 22.3 Å². The molecule has 0 aromatic heterocycles. The van der Waals surface area contributed by atoms with E-state index in [-0.39, 0.29) is 11.6 Å². The highest BCUT2D eigenvalue weighted by Gasteiger charge is 2.39. The molecule has 0 amide bonds. The molecule has 1 aliphatic carbocycles. The van der Waals surface area contributed by atoms with Crippen LogP contribution >= 0.6 is 50.5 Å². The molecule has 0 atom stereocenters. The number of carbonyl (C=O) groups is 2. The number of hydrogen-bond donors (Lipinski definition) is 4. The smallest absolute Gasteiger partial charge is 0.195 e. The summed E-state index contributed by atoms with van der Waals surface area (Å²) in [6.45, 7) is 0. The molecule has 2 nitrogen and oxygen atoms in total. The Labute approximate surface area is 233 Å². The quantitative estimate of drug-likeness (QED) is 0.164. The molecule has 6 heteroatoms. The van der Waals surface area contributed by atoms with Crippen LogP contribution in [0.15, 0.2) is 48.5 Å². The molecule has 0 saturated carbocycles. The van der Waals surface area contributed by atoms with Gasteiger partial charge in [0.05, 0.1) is 0 Å². The predicted molar refractivity (Wildman–Crippen MR) is 165 cm³/mol. The van der Waals surface area contributed by atoms with E-state index in [4.69, 9.17) is 0 Å². The molecule has 0 unspecified atom stereocenters. The summed E-state index contributed by atoms with van der Waals surface area (Å²) in [6, 6.07) is 16.2. The summed E-state index contributed by atoms with van der Waals surface area (Å²) in [6.07, 6.45) is 2.45. The van der Waals surface area contributed by atoms with Gasteiger partial charge in [0.15, 0.2) is 11.6 Å². The van der Waals surface area contributed by atoms with Crippen molar-refractivity contribution >= 4 is 83.6 Å². The first-order valence-electron chi connectivity index (χ1n) is 12.2. The van der Waals surface area contributed by atoms with E-state index in [1.807, 2.05) is 24.3 Å². The van der Waals surface area contributed by atoms with Crippen LogP contribution in [0.5, 0.6) is 0 Å². The minimum Gasteiger partial charge on any atom is -0.289 e. The van der Waals surface area contributed by atoms with E-state index >= 15 is 0 Å². The minimum absolute atomic E-state index is 0.0505. The van der Waals surface area contributed by atoms with E-state index in [1.54, 1.807) is 0 Å². The van der Waals surface area contributed by atoms with Crippen LogP contribution in [0.2, 0.25) is 0 Å². The molecule has 0 aliphatic heterocycles. The highest BCUT2D eigenvalue weighted by atomic mass is 32.1. The van der Waals surface area contributed by atoms with E-state index < -0.39 is 0 Å². The maximum absolute atomic E-state index is 14.6. The van der Waals surface area contributed by atoms with Crippen LogP contribution in [-0.2, 0) is 25.7 Å². The van der Waals surface area contributed by atoms with Gasteiger partial charge in [0.25, 0.3) is 0 Å². The molecule has 4 aromatic rings. The molecule has 0 fully saturated rings. The molecule has 0 saturated heterocycles. The van der Waals surface area contributed by atoms with Gasteiger partial charge in [0.1, 0.15) is 0 Å². The van der Waals surface area contributed by atoms with Crippen molar-refractivity contribution in [2.75, 3.05) is 23.0 Å². The Morgan fingerprint density at radius 1 is 0.417 bits per heavy atom. The fraction of sp³-hybridized carbons (Fsp3) is 0.267. The molecular weight excluding hydrogens is 521 g/mol. The average molecular weight is 549 g/mol. The van der Waals surface area contributed by atoms with Crippen molar-refractivity contribution in [3.05, 3.63) is 93.0 Å². The fourth-order valence-electron chi connectivity index (χ4n) is 5.90. The molecule has 36 heavy (non-hydrogen) atoms.